The van der Waals surface area contributed by atoms with Gasteiger partial charge in [0.15, 0.2) is 0 Å². The summed E-state index contributed by atoms with van der Waals surface area (Å²) in [6, 6.07) is 7.34. The van der Waals surface area contributed by atoms with Gasteiger partial charge in [-0.2, -0.15) is 0 Å². The average Bonchev–Trinajstić information content (AvgIpc) is 2.27. The smallest absolute Gasteiger partial charge is 0.221 e. The third-order valence-electron chi connectivity index (χ3n) is 2.21. The normalized spacial score (nSPS) is 11.9. The maximum absolute atomic E-state index is 11.0. The van der Waals surface area contributed by atoms with E-state index in [0.29, 0.717) is 18.0 Å². The van der Waals surface area contributed by atoms with Gasteiger partial charge in [-0.3, -0.25) is 4.79 Å². The lowest BCUT2D eigenvalue weighted by atomic mass is 10.2. The van der Waals surface area contributed by atoms with Crippen molar-refractivity contribution in [2.24, 2.45) is 5.73 Å². The van der Waals surface area contributed by atoms with Crippen LogP contribution in [0.4, 0.5) is 5.69 Å². The van der Waals surface area contributed by atoms with Crippen LogP contribution in [0.25, 0.3) is 0 Å². The van der Waals surface area contributed by atoms with Gasteiger partial charge in [0.05, 0.1) is 5.69 Å². The maximum Gasteiger partial charge on any atom is 0.221 e. The van der Waals surface area contributed by atoms with Crippen molar-refractivity contribution in [1.29, 1.82) is 0 Å². The van der Waals surface area contributed by atoms with E-state index in [9.17, 15) is 4.79 Å². The van der Waals surface area contributed by atoms with Crippen LogP contribution in [-0.2, 0) is 4.79 Å². The molecule has 4 heteroatoms. The van der Waals surface area contributed by atoms with Crippen LogP contribution in [0.1, 0.15) is 20.3 Å². The van der Waals surface area contributed by atoms with Crippen molar-refractivity contribution in [2.75, 3.05) is 11.9 Å². The van der Waals surface area contributed by atoms with Crippen LogP contribution in [0.5, 0.6) is 5.75 Å². The summed E-state index contributed by atoms with van der Waals surface area (Å²) in [5, 5.41) is 2.72. The first-order valence-electron chi connectivity index (χ1n) is 5.40. The highest BCUT2D eigenvalue weighted by Crippen LogP contribution is 2.25. The molecule has 0 aliphatic carbocycles. The van der Waals surface area contributed by atoms with Crippen molar-refractivity contribution in [3.8, 4) is 5.75 Å². The summed E-state index contributed by atoms with van der Waals surface area (Å²) < 4.78 is 5.71. The molecule has 0 fully saturated rings. The standard InChI is InChI=1S/C12H18N2O2/c1-3-10(8-13)16-12-7-5-4-6-11(12)14-9(2)15/h4-7,10H,3,8,13H2,1-2H3,(H,14,15). The molecule has 4 nitrogen and oxygen atoms in total. The minimum absolute atomic E-state index is 0.0186. The second kappa shape index (κ2) is 6.12. The Morgan fingerprint density at radius 2 is 2.19 bits per heavy atom. The zero-order valence-corrected chi connectivity index (χ0v) is 9.69. The Hall–Kier alpha value is -1.55. The van der Waals surface area contributed by atoms with Gasteiger partial charge in [0.25, 0.3) is 0 Å². The van der Waals surface area contributed by atoms with Crippen LogP contribution in [0.3, 0.4) is 0 Å². The van der Waals surface area contributed by atoms with E-state index in [0.717, 1.165) is 6.42 Å². The summed E-state index contributed by atoms with van der Waals surface area (Å²) in [7, 11) is 0. The number of para-hydroxylation sites is 2. The van der Waals surface area contributed by atoms with Gasteiger partial charge in [-0.1, -0.05) is 19.1 Å². The van der Waals surface area contributed by atoms with Gasteiger partial charge in [0, 0.05) is 13.5 Å². The first-order valence-corrected chi connectivity index (χ1v) is 5.40. The highest BCUT2D eigenvalue weighted by Gasteiger charge is 2.09. The maximum atomic E-state index is 11.0. The zero-order valence-electron chi connectivity index (χ0n) is 9.69. The number of ether oxygens (including phenoxy) is 1. The lowest BCUT2D eigenvalue weighted by Gasteiger charge is -2.18. The van der Waals surface area contributed by atoms with Crippen LogP contribution in [0, 0.1) is 0 Å². The lowest BCUT2D eigenvalue weighted by Crippen LogP contribution is -2.26. The van der Waals surface area contributed by atoms with E-state index in [1.165, 1.54) is 6.92 Å². The minimum Gasteiger partial charge on any atom is -0.487 e. The monoisotopic (exact) mass is 222 g/mol. The van der Waals surface area contributed by atoms with Crippen molar-refractivity contribution < 1.29 is 9.53 Å². The molecule has 0 aromatic heterocycles. The number of anilines is 1. The Balaban J connectivity index is 2.81. The second-order valence-corrected chi connectivity index (χ2v) is 3.56. The molecule has 0 heterocycles. The van der Waals surface area contributed by atoms with E-state index in [1.54, 1.807) is 6.07 Å². The molecule has 1 unspecified atom stereocenters. The predicted octanol–water partition coefficient (Wildman–Crippen LogP) is 1.76. The fourth-order valence-corrected chi connectivity index (χ4v) is 1.34. The van der Waals surface area contributed by atoms with Gasteiger partial charge in [-0.15, -0.1) is 0 Å². The molecule has 0 aliphatic heterocycles. The summed E-state index contributed by atoms with van der Waals surface area (Å²) in [4.78, 5) is 11.0. The molecule has 1 aromatic rings. The van der Waals surface area contributed by atoms with Gasteiger partial charge < -0.3 is 15.8 Å². The van der Waals surface area contributed by atoms with Crippen LogP contribution in [-0.4, -0.2) is 18.6 Å². The van der Waals surface area contributed by atoms with Crippen LogP contribution in [0.2, 0.25) is 0 Å². The Bertz CT molecular complexity index is 349. The first kappa shape index (κ1) is 12.5. The van der Waals surface area contributed by atoms with Crippen LogP contribution < -0.4 is 15.8 Å². The zero-order chi connectivity index (χ0) is 12.0. The number of hydrogen-bond acceptors (Lipinski definition) is 3. The molecule has 1 amide bonds. The summed E-state index contributed by atoms with van der Waals surface area (Å²) in [5.74, 6) is 0.548. The molecule has 0 saturated heterocycles. The molecule has 1 aromatic carbocycles. The van der Waals surface area contributed by atoms with E-state index >= 15 is 0 Å². The van der Waals surface area contributed by atoms with Gasteiger partial charge in [-0.25, -0.2) is 0 Å². The van der Waals surface area contributed by atoms with Gasteiger partial charge >= 0.3 is 0 Å². The molecule has 1 atom stereocenters. The van der Waals surface area contributed by atoms with Crippen molar-refractivity contribution in [3.05, 3.63) is 24.3 Å². The SMILES string of the molecule is CCC(CN)Oc1ccccc1NC(C)=O. The quantitative estimate of drug-likeness (QED) is 0.798. The van der Waals surface area contributed by atoms with Crippen LogP contribution in [0.15, 0.2) is 24.3 Å². The summed E-state index contributed by atoms with van der Waals surface area (Å²) >= 11 is 0. The van der Waals surface area contributed by atoms with Crippen molar-refractivity contribution in [2.45, 2.75) is 26.4 Å². The van der Waals surface area contributed by atoms with E-state index in [-0.39, 0.29) is 12.0 Å². The Kier molecular flexibility index (Phi) is 4.79. The Morgan fingerprint density at radius 1 is 1.50 bits per heavy atom. The fraction of sp³-hybridized carbons (Fsp3) is 0.417. The summed E-state index contributed by atoms with van der Waals surface area (Å²) in [6.07, 6.45) is 0.820. The van der Waals surface area contributed by atoms with Gasteiger partial charge in [-0.05, 0) is 18.6 Å². The number of nitrogens with two attached hydrogens (primary N) is 1. The third kappa shape index (κ3) is 3.55. The molecular formula is C12H18N2O2. The van der Waals surface area contributed by atoms with Crippen molar-refractivity contribution in [1.82, 2.24) is 0 Å². The second-order valence-electron chi connectivity index (χ2n) is 3.56. The molecule has 0 saturated carbocycles. The minimum atomic E-state index is -0.114. The van der Waals surface area contributed by atoms with E-state index in [4.69, 9.17) is 10.5 Å². The predicted molar refractivity (Wildman–Crippen MR) is 64.5 cm³/mol. The molecule has 1 rings (SSSR count). The average molecular weight is 222 g/mol. The highest BCUT2D eigenvalue weighted by atomic mass is 16.5. The van der Waals surface area contributed by atoms with E-state index < -0.39 is 0 Å². The highest BCUT2D eigenvalue weighted by molar-refractivity contribution is 5.90. The molecule has 0 aliphatic rings. The number of rotatable bonds is 5. The van der Waals surface area contributed by atoms with Crippen molar-refractivity contribution >= 4 is 11.6 Å². The number of hydrogen-bond donors (Lipinski definition) is 2. The number of nitrogens with one attached hydrogen (secondary N) is 1. The first-order chi connectivity index (χ1) is 7.67. The number of carbonyl (C=O) groups excluding carboxylic acids is 1. The molecular weight excluding hydrogens is 204 g/mol. The van der Waals surface area contributed by atoms with E-state index in [1.807, 2.05) is 25.1 Å². The fourth-order valence-electron chi connectivity index (χ4n) is 1.34. The van der Waals surface area contributed by atoms with Gasteiger partial charge in [0.1, 0.15) is 11.9 Å². The van der Waals surface area contributed by atoms with Gasteiger partial charge in [0.2, 0.25) is 5.91 Å². The number of benzene rings is 1. The number of amides is 1. The van der Waals surface area contributed by atoms with Crippen LogP contribution >= 0.6 is 0 Å². The molecule has 0 bridgehead atoms. The third-order valence-corrected chi connectivity index (χ3v) is 2.21. The lowest BCUT2D eigenvalue weighted by molar-refractivity contribution is -0.114. The summed E-state index contributed by atoms with van der Waals surface area (Å²) in [5.41, 5.74) is 6.25. The Morgan fingerprint density at radius 3 is 2.75 bits per heavy atom. The molecule has 3 N–H and O–H groups in total. The molecule has 16 heavy (non-hydrogen) atoms. The largest absolute Gasteiger partial charge is 0.487 e. The van der Waals surface area contributed by atoms with Crippen molar-refractivity contribution in [3.63, 3.8) is 0 Å². The Labute approximate surface area is 95.8 Å². The summed E-state index contributed by atoms with van der Waals surface area (Å²) in [6.45, 7) is 3.94. The number of carbonyl (C=O) groups is 1. The topological polar surface area (TPSA) is 64.3 Å². The molecule has 0 radical (unpaired) electrons. The molecule has 0 spiro atoms. The van der Waals surface area contributed by atoms with E-state index in [2.05, 4.69) is 5.32 Å². The molecule has 88 valence electrons.